The Kier molecular flexibility index (Phi) is 4.94. The summed E-state index contributed by atoms with van der Waals surface area (Å²) in [6.07, 6.45) is 0. The zero-order chi connectivity index (χ0) is 21.4. The molecule has 1 aliphatic heterocycles. The molecule has 9 heteroatoms. The lowest BCUT2D eigenvalue weighted by atomic mass is 10.1. The van der Waals surface area contributed by atoms with Crippen LogP contribution < -0.4 is 15.5 Å². The molecule has 2 aromatic carbocycles. The summed E-state index contributed by atoms with van der Waals surface area (Å²) in [5, 5.41) is 9.79. The molecule has 30 heavy (non-hydrogen) atoms. The molecule has 4 rings (SSSR count). The van der Waals surface area contributed by atoms with Gasteiger partial charge in [0.2, 0.25) is 0 Å². The van der Waals surface area contributed by atoms with Crippen LogP contribution in [0.2, 0.25) is 0 Å². The van der Waals surface area contributed by atoms with Crippen LogP contribution >= 0.6 is 0 Å². The molecule has 7 nitrogen and oxygen atoms in total. The van der Waals surface area contributed by atoms with Crippen LogP contribution in [0.25, 0.3) is 5.69 Å². The fourth-order valence-electron chi connectivity index (χ4n) is 3.52. The van der Waals surface area contributed by atoms with Gasteiger partial charge < -0.3 is 10.6 Å². The normalized spacial score (nSPS) is 13.5. The Labute approximate surface area is 171 Å². The number of amides is 3. The van der Waals surface area contributed by atoms with Crippen molar-refractivity contribution in [3.8, 4) is 5.69 Å². The summed E-state index contributed by atoms with van der Waals surface area (Å²) in [5.41, 5.74) is 2.35. The number of aromatic nitrogens is 2. The summed E-state index contributed by atoms with van der Waals surface area (Å²) in [6, 6.07) is 9.94. The number of urea groups is 1. The molecular formula is C21H19F2N5O2. The van der Waals surface area contributed by atoms with Gasteiger partial charge in [0.1, 0.15) is 11.5 Å². The number of hydrogen-bond acceptors (Lipinski definition) is 3. The second kappa shape index (κ2) is 7.58. The van der Waals surface area contributed by atoms with Crippen LogP contribution in [0.4, 0.5) is 25.0 Å². The SMILES string of the molecule is Cc1nn(-c2ccc(F)cc2F)c(C)c1C(=O)Nc1cccc(N2CCNC2=O)c1. The van der Waals surface area contributed by atoms with Crippen LogP contribution in [0.15, 0.2) is 42.5 Å². The Morgan fingerprint density at radius 2 is 1.97 bits per heavy atom. The number of carbonyl (C=O) groups is 2. The number of benzene rings is 2. The molecule has 0 unspecified atom stereocenters. The molecule has 0 bridgehead atoms. The van der Waals surface area contributed by atoms with Gasteiger partial charge in [0.05, 0.1) is 17.0 Å². The predicted molar refractivity (Wildman–Crippen MR) is 108 cm³/mol. The van der Waals surface area contributed by atoms with Gasteiger partial charge >= 0.3 is 6.03 Å². The molecule has 0 radical (unpaired) electrons. The van der Waals surface area contributed by atoms with Crippen molar-refractivity contribution in [3.63, 3.8) is 0 Å². The summed E-state index contributed by atoms with van der Waals surface area (Å²) >= 11 is 0. The van der Waals surface area contributed by atoms with Crippen molar-refractivity contribution >= 4 is 23.3 Å². The van der Waals surface area contributed by atoms with E-state index >= 15 is 0 Å². The highest BCUT2D eigenvalue weighted by atomic mass is 19.1. The molecule has 0 atom stereocenters. The lowest BCUT2D eigenvalue weighted by molar-refractivity contribution is 0.102. The van der Waals surface area contributed by atoms with E-state index in [4.69, 9.17) is 0 Å². The fourth-order valence-corrected chi connectivity index (χ4v) is 3.52. The van der Waals surface area contributed by atoms with Gasteiger partial charge in [-0.25, -0.2) is 18.3 Å². The van der Waals surface area contributed by atoms with Crippen molar-refractivity contribution in [1.29, 1.82) is 0 Å². The number of halogens is 2. The van der Waals surface area contributed by atoms with Crippen LogP contribution in [0.3, 0.4) is 0 Å². The highest BCUT2D eigenvalue weighted by Gasteiger charge is 2.23. The Morgan fingerprint density at radius 1 is 1.17 bits per heavy atom. The molecule has 3 aromatic rings. The van der Waals surface area contributed by atoms with E-state index in [1.807, 2.05) is 0 Å². The molecule has 2 heterocycles. The number of carbonyl (C=O) groups excluding carboxylic acids is 2. The maximum atomic E-state index is 14.2. The molecule has 1 aliphatic rings. The first kappa shape index (κ1) is 19.6. The van der Waals surface area contributed by atoms with E-state index in [2.05, 4.69) is 15.7 Å². The van der Waals surface area contributed by atoms with Gasteiger partial charge in [-0.15, -0.1) is 0 Å². The highest BCUT2D eigenvalue weighted by Crippen LogP contribution is 2.24. The van der Waals surface area contributed by atoms with E-state index < -0.39 is 17.5 Å². The highest BCUT2D eigenvalue weighted by molar-refractivity contribution is 6.06. The van der Waals surface area contributed by atoms with Crippen molar-refractivity contribution in [1.82, 2.24) is 15.1 Å². The molecule has 1 aromatic heterocycles. The molecule has 0 aliphatic carbocycles. The summed E-state index contributed by atoms with van der Waals surface area (Å²) in [5.74, 6) is -1.88. The average Bonchev–Trinajstić information content (AvgIpc) is 3.24. The lowest BCUT2D eigenvalue weighted by Gasteiger charge is -2.15. The Morgan fingerprint density at radius 3 is 2.67 bits per heavy atom. The first-order valence-corrected chi connectivity index (χ1v) is 9.33. The molecule has 0 spiro atoms. The Hall–Kier alpha value is -3.75. The zero-order valence-corrected chi connectivity index (χ0v) is 16.4. The number of rotatable bonds is 4. The standard InChI is InChI=1S/C21H19F2N5O2/c1-12-19(13(2)28(26-12)18-7-6-14(22)10-17(18)23)20(29)25-15-4-3-5-16(11-15)27-9-8-24-21(27)30/h3-7,10-11H,8-9H2,1-2H3,(H,24,30)(H,25,29). The summed E-state index contributed by atoms with van der Waals surface area (Å²) in [4.78, 5) is 26.4. The minimum atomic E-state index is -0.774. The molecule has 3 amide bonds. The van der Waals surface area contributed by atoms with Crippen LogP contribution in [0.5, 0.6) is 0 Å². The second-order valence-electron chi connectivity index (χ2n) is 6.94. The fraction of sp³-hybridized carbons (Fsp3) is 0.190. The van der Waals surface area contributed by atoms with Gasteiger partial charge in [0, 0.05) is 30.5 Å². The Bertz CT molecular complexity index is 1160. The van der Waals surface area contributed by atoms with Gasteiger partial charge in [0.15, 0.2) is 5.82 Å². The van der Waals surface area contributed by atoms with E-state index in [0.717, 1.165) is 12.1 Å². The summed E-state index contributed by atoms with van der Waals surface area (Å²) in [6.45, 7) is 4.39. The van der Waals surface area contributed by atoms with Crippen LogP contribution in [-0.4, -0.2) is 34.8 Å². The topological polar surface area (TPSA) is 79.3 Å². The smallest absolute Gasteiger partial charge is 0.321 e. The van der Waals surface area contributed by atoms with Crippen molar-refractivity contribution in [3.05, 3.63) is 71.1 Å². The maximum absolute atomic E-state index is 14.2. The van der Waals surface area contributed by atoms with Crippen LogP contribution in [0, 0.1) is 25.5 Å². The minimum Gasteiger partial charge on any atom is -0.336 e. The quantitative estimate of drug-likeness (QED) is 0.689. The largest absolute Gasteiger partial charge is 0.336 e. The third-order valence-electron chi connectivity index (χ3n) is 4.93. The van der Waals surface area contributed by atoms with Crippen molar-refractivity contribution in [2.75, 3.05) is 23.3 Å². The third-order valence-corrected chi connectivity index (χ3v) is 4.93. The summed E-state index contributed by atoms with van der Waals surface area (Å²) < 4.78 is 28.7. The van der Waals surface area contributed by atoms with Gasteiger partial charge in [-0.3, -0.25) is 9.69 Å². The Balaban J connectivity index is 1.62. The third kappa shape index (κ3) is 3.49. The minimum absolute atomic E-state index is 0.0538. The van der Waals surface area contributed by atoms with Crippen molar-refractivity contribution in [2.45, 2.75) is 13.8 Å². The predicted octanol–water partition coefficient (Wildman–Crippen LogP) is 3.55. The lowest BCUT2D eigenvalue weighted by Crippen LogP contribution is -2.27. The molecule has 0 saturated carbocycles. The molecule has 2 N–H and O–H groups in total. The van der Waals surface area contributed by atoms with Crippen LogP contribution in [-0.2, 0) is 0 Å². The van der Waals surface area contributed by atoms with E-state index in [1.54, 1.807) is 43.0 Å². The average molecular weight is 411 g/mol. The number of aryl methyl sites for hydroxylation is 1. The van der Waals surface area contributed by atoms with E-state index in [9.17, 15) is 18.4 Å². The van der Waals surface area contributed by atoms with Gasteiger partial charge in [0.25, 0.3) is 5.91 Å². The maximum Gasteiger partial charge on any atom is 0.321 e. The summed E-state index contributed by atoms with van der Waals surface area (Å²) in [7, 11) is 0. The van der Waals surface area contributed by atoms with Gasteiger partial charge in [-0.05, 0) is 44.2 Å². The van der Waals surface area contributed by atoms with Gasteiger partial charge in [-0.2, -0.15) is 5.10 Å². The first-order valence-electron chi connectivity index (χ1n) is 9.33. The molecule has 1 saturated heterocycles. The van der Waals surface area contributed by atoms with E-state index in [0.29, 0.717) is 41.4 Å². The molecule has 154 valence electrons. The number of hydrogen-bond donors (Lipinski definition) is 2. The van der Waals surface area contributed by atoms with E-state index in [1.165, 1.54) is 10.7 Å². The number of nitrogens with zero attached hydrogens (tertiary/aromatic N) is 3. The van der Waals surface area contributed by atoms with Gasteiger partial charge in [-0.1, -0.05) is 6.07 Å². The number of anilines is 2. The number of nitrogens with one attached hydrogen (secondary N) is 2. The molecular weight excluding hydrogens is 392 g/mol. The second-order valence-corrected chi connectivity index (χ2v) is 6.94. The monoisotopic (exact) mass is 411 g/mol. The van der Waals surface area contributed by atoms with E-state index in [-0.39, 0.29) is 11.7 Å². The zero-order valence-electron chi connectivity index (χ0n) is 16.4. The van der Waals surface area contributed by atoms with Crippen molar-refractivity contribution in [2.24, 2.45) is 0 Å². The van der Waals surface area contributed by atoms with Crippen LogP contribution in [0.1, 0.15) is 21.7 Å². The van der Waals surface area contributed by atoms with Crippen molar-refractivity contribution < 1.29 is 18.4 Å². The molecule has 1 fully saturated rings. The first-order chi connectivity index (χ1) is 14.3.